The van der Waals surface area contributed by atoms with Gasteiger partial charge in [0.25, 0.3) is 5.24 Å². The summed E-state index contributed by atoms with van der Waals surface area (Å²) in [7, 11) is 0. The van der Waals surface area contributed by atoms with Crippen LogP contribution in [0.5, 0.6) is 5.75 Å². The first kappa shape index (κ1) is 21.4. The number of nitrogens with zero attached hydrogens (tertiary/aromatic N) is 3. The molecule has 0 unspecified atom stereocenters. The largest absolute Gasteiger partial charge is 0.493 e. The van der Waals surface area contributed by atoms with Crippen molar-refractivity contribution in [2.24, 2.45) is 5.92 Å². The number of piperidine rings is 1. The Hall–Kier alpha value is -2.28. The highest BCUT2D eigenvalue weighted by molar-refractivity contribution is 6.67. The molecule has 1 saturated heterocycles. The highest BCUT2D eigenvalue weighted by Gasteiger charge is 2.21. The highest BCUT2D eigenvalue weighted by atomic mass is 35.5. The number of ether oxygens (including phenoxy) is 1. The molecular formula is C21H24ClF2N3O2. The Morgan fingerprint density at radius 2 is 1.83 bits per heavy atom. The van der Waals surface area contributed by atoms with E-state index in [2.05, 4.69) is 21.8 Å². The molecule has 1 aliphatic heterocycles. The molecule has 2 aromatic rings. The zero-order chi connectivity index (χ0) is 20.8. The fraction of sp³-hybridized carbons (Fsp3) is 0.476. The van der Waals surface area contributed by atoms with E-state index in [1.807, 2.05) is 12.4 Å². The van der Waals surface area contributed by atoms with E-state index in [1.165, 1.54) is 0 Å². The summed E-state index contributed by atoms with van der Waals surface area (Å²) in [6, 6.07) is 1.97. The van der Waals surface area contributed by atoms with Gasteiger partial charge in [-0.2, -0.15) is 0 Å². The topological polar surface area (TPSA) is 55.3 Å². The van der Waals surface area contributed by atoms with Gasteiger partial charge in [0.15, 0.2) is 0 Å². The fourth-order valence-electron chi connectivity index (χ4n) is 3.50. The first-order chi connectivity index (χ1) is 14.0. The van der Waals surface area contributed by atoms with E-state index in [4.69, 9.17) is 16.3 Å². The number of benzene rings is 1. The lowest BCUT2D eigenvalue weighted by Gasteiger charge is -2.32. The molecule has 29 heavy (non-hydrogen) atoms. The lowest BCUT2D eigenvalue weighted by atomic mass is 9.92. The summed E-state index contributed by atoms with van der Waals surface area (Å²) in [5.41, 5.74) is 0.381. The van der Waals surface area contributed by atoms with Crippen molar-refractivity contribution in [3.05, 3.63) is 47.3 Å². The minimum Gasteiger partial charge on any atom is -0.493 e. The van der Waals surface area contributed by atoms with E-state index in [0.29, 0.717) is 12.5 Å². The van der Waals surface area contributed by atoms with E-state index >= 15 is 0 Å². The van der Waals surface area contributed by atoms with Crippen LogP contribution in [-0.2, 0) is 6.42 Å². The third-order valence-corrected chi connectivity index (χ3v) is 5.42. The second-order valence-electron chi connectivity index (χ2n) is 7.20. The summed E-state index contributed by atoms with van der Waals surface area (Å²) in [4.78, 5) is 22.1. The number of hydrogen-bond acceptors (Lipinski definition) is 5. The average molecular weight is 424 g/mol. The number of halogens is 3. The second kappa shape index (κ2) is 9.96. The van der Waals surface area contributed by atoms with Crippen LogP contribution in [0.2, 0.25) is 0 Å². The van der Waals surface area contributed by atoms with Gasteiger partial charge in [-0.25, -0.2) is 18.7 Å². The third kappa shape index (κ3) is 5.63. The van der Waals surface area contributed by atoms with Crippen molar-refractivity contribution in [2.45, 2.75) is 39.0 Å². The van der Waals surface area contributed by atoms with E-state index < -0.39 is 22.4 Å². The molecular weight excluding hydrogens is 400 g/mol. The first-order valence-corrected chi connectivity index (χ1v) is 10.2. The predicted octanol–water partition coefficient (Wildman–Crippen LogP) is 4.77. The number of carbonyl (C=O) groups excluding carboxylic acids is 1. The van der Waals surface area contributed by atoms with Crippen LogP contribution in [0.15, 0.2) is 24.5 Å². The van der Waals surface area contributed by atoms with Crippen molar-refractivity contribution < 1.29 is 18.3 Å². The molecule has 0 aliphatic carbocycles. The number of hydrogen-bond donors (Lipinski definition) is 0. The molecule has 0 spiro atoms. The molecule has 156 valence electrons. The van der Waals surface area contributed by atoms with Crippen molar-refractivity contribution in [1.29, 1.82) is 0 Å². The Kier molecular flexibility index (Phi) is 7.36. The first-order valence-electron chi connectivity index (χ1n) is 9.85. The second-order valence-corrected chi connectivity index (χ2v) is 7.54. The normalized spacial score (nSPS) is 14.8. The SMILES string of the molecule is CCc1cnc(N2CCC(CCCOc3cc(F)c(C(=O)Cl)c(F)c3)CC2)nc1. The van der Waals surface area contributed by atoms with Gasteiger partial charge in [0.2, 0.25) is 5.95 Å². The predicted molar refractivity (Wildman–Crippen MR) is 108 cm³/mol. The van der Waals surface area contributed by atoms with Crippen LogP contribution in [0.4, 0.5) is 14.7 Å². The van der Waals surface area contributed by atoms with Crippen LogP contribution in [0.1, 0.15) is 48.5 Å². The maximum atomic E-state index is 13.7. The molecule has 0 N–H and O–H groups in total. The van der Waals surface area contributed by atoms with Crippen LogP contribution >= 0.6 is 11.6 Å². The van der Waals surface area contributed by atoms with Crippen LogP contribution in [0.25, 0.3) is 0 Å². The maximum Gasteiger partial charge on any atom is 0.258 e. The molecule has 1 aromatic heterocycles. The number of anilines is 1. The Morgan fingerprint density at radius 1 is 1.21 bits per heavy atom. The van der Waals surface area contributed by atoms with Gasteiger partial charge in [0.05, 0.1) is 6.61 Å². The summed E-state index contributed by atoms with van der Waals surface area (Å²) in [6.45, 7) is 4.27. The average Bonchev–Trinajstić information content (AvgIpc) is 2.71. The van der Waals surface area contributed by atoms with Gasteiger partial charge in [-0.3, -0.25) is 4.79 Å². The molecule has 1 aromatic carbocycles. The summed E-state index contributed by atoms with van der Waals surface area (Å²) >= 11 is 5.17. The van der Waals surface area contributed by atoms with Crippen molar-refractivity contribution >= 4 is 22.8 Å². The van der Waals surface area contributed by atoms with Crippen molar-refractivity contribution in [2.75, 3.05) is 24.6 Å². The van der Waals surface area contributed by atoms with Crippen molar-refractivity contribution in [1.82, 2.24) is 9.97 Å². The molecule has 2 heterocycles. The van der Waals surface area contributed by atoms with Gasteiger partial charge in [-0.05, 0) is 55.2 Å². The van der Waals surface area contributed by atoms with Gasteiger partial charge >= 0.3 is 0 Å². The number of carbonyl (C=O) groups is 1. The lowest BCUT2D eigenvalue weighted by molar-refractivity contribution is 0.107. The van der Waals surface area contributed by atoms with Crippen molar-refractivity contribution in [3.63, 3.8) is 0 Å². The zero-order valence-corrected chi connectivity index (χ0v) is 17.1. The third-order valence-electron chi connectivity index (χ3n) is 5.23. The van der Waals surface area contributed by atoms with E-state index in [9.17, 15) is 13.6 Å². The van der Waals surface area contributed by atoms with Crippen LogP contribution in [0, 0.1) is 17.6 Å². The monoisotopic (exact) mass is 423 g/mol. The van der Waals surface area contributed by atoms with Gasteiger partial charge in [-0.15, -0.1) is 0 Å². The lowest BCUT2D eigenvalue weighted by Crippen LogP contribution is -2.35. The Balaban J connectivity index is 1.40. The van der Waals surface area contributed by atoms with Gasteiger partial charge < -0.3 is 9.64 Å². The number of aromatic nitrogens is 2. The number of aryl methyl sites for hydroxylation is 1. The molecule has 8 heteroatoms. The summed E-state index contributed by atoms with van der Waals surface area (Å²) in [5.74, 6) is -0.603. The number of rotatable bonds is 8. The quantitative estimate of drug-likeness (QED) is 0.452. The van der Waals surface area contributed by atoms with Crippen LogP contribution < -0.4 is 9.64 Å². The molecule has 1 aliphatic rings. The Labute approximate surface area is 174 Å². The molecule has 3 rings (SSSR count). The Bertz CT molecular complexity index is 817. The smallest absolute Gasteiger partial charge is 0.258 e. The van der Waals surface area contributed by atoms with Crippen LogP contribution in [0.3, 0.4) is 0 Å². The molecule has 0 atom stereocenters. The maximum absolute atomic E-state index is 13.7. The van der Waals surface area contributed by atoms with E-state index in [0.717, 1.165) is 68.8 Å². The minimum absolute atomic E-state index is 0.0594. The molecule has 5 nitrogen and oxygen atoms in total. The van der Waals surface area contributed by atoms with E-state index in [1.54, 1.807) is 0 Å². The fourth-order valence-corrected chi connectivity index (χ4v) is 3.68. The molecule has 0 bridgehead atoms. The standard InChI is InChI=1S/C21H24ClF2N3O2/c1-2-14-12-25-21(26-13-14)27-7-5-15(6-8-27)4-3-9-29-16-10-17(23)19(20(22)28)18(24)11-16/h10-13,15H,2-9H2,1H3. The van der Waals surface area contributed by atoms with Gasteiger partial charge in [0.1, 0.15) is 22.9 Å². The van der Waals surface area contributed by atoms with Gasteiger partial charge in [-0.1, -0.05) is 6.92 Å². The van der Waals surface area contributed by atoms with Crippen molar-refractivity contribution in [3.8, 4) is 5.75 Å². The highest BCUT2D eigenvalue weighted by Crippen LogP contribution is 2.25. The van der Waals surface area contributed by atoms with Crippen LogP contribution in [-0.4, -0.2) is 34.9 Å². The van der Waals surface area contributed by atoms with Gasteiger partial charge in [0, 0.05) is 37.6 Å². The molecule has 1 fully saturated rings. The minimum atomic E-state index is -1.16. The molecule has 0 amide bonds. The van der Waals surface area contributed by atoms with E-state index in [-0.39, 0.29) is 5.75 Å². The Morgan fingerprint density at radius 3 is 2.38 bits per heavy atom. The summed E-state index contributed by atoms with van der Waals surface area (Å²) < 4.78 is 32.9. The summed E-state index contributed by atoms with van der Waals surface area (Å²) in [6.07, 6.45) is 8.56. The molecule has 0 radical (unpaired) electrons. The zero-order valence-electron chi connectivity index (χ0n) is 16.3. The summed E-state index contributed by atoms with van der Waals surface area (Å²) in [5, 5.41) is -1.16. The molecule has 0 saturated carbocycles.